The average molecular weight is 1320 g/mol. The number of aliphatic hydroxyl groups is 1. The van der Waals surface area contributed by atoms with Crippen LogP contribution < -0.4 is 88.0 Å². The standard InChI is InChI=1S/C66H96N18O11/c1-4-40(2)54(63(94)79-46(29-17-18-32-67)59(90)84-55(41(3)85)64(95)82-52(38-45-27-15-8-16-28-45)62(93)80-49(56(69)87)35-42-21-9-5-10-22-42)83-58(89)48(31-20-34-75-66(72)73)77-57(88)47(30-19-33-74-65(70)71)78-61(92)51(37-44-25-13-7-14-26-44)81-60(91)50(76-53(86)39-68)36-43-23-11-6-12-24-43/h5-16,21-28,40-41,46-52,54-55,85H,4,17-20,29-39,67-68H2,1-3H3,(H2,69,87)(H,76,86)(H,77,88)(H,78,92)(H,79,94)(H,80,93)(H,81,91)(H,82,95)(H,83,89)(H,84,90)(H4,70,71,74)(H4,72,73,75)/t40-,41+,46-,47-,48-,49-,50-,51-,52-,54-,55-/m0/s1. The number of aliphatic hydroxyl groups excluding tert-OH is 1. The van der Waals surface area contributed by atoms with Crippen molar-refractivity contribution in [3.63, 3.8) is 0 Å². The maximum Gasteiger partial charge on any atom is 0.245 e. The lowest BCUT2D eigenvalue weighted by Crippen LogP contribution is -2.62. The van der Waals surface area contributed by atoms with Crippen molar-refractivity contribution in [1.29, 1.82) is 0 Å². The lowest BCUT2D eigenvalue weighted by Gasteiger charge is -2.30. The van der Waals surface area contributed by atoms with E-state index in [0.717, 1.165) is 0 Å². The lowest BCUT2D eigenvalue weighted by atomic mass is 9.96. The Morgan fingerprint density at radius 2 is 0.695 bits per heavy atom. The van der Waals surface area contributed by atoms with E-state index in [1.165, 1.54) is 6.92 Å². The number of hydrogen-bond donors (Lipinski definition) is 17. The molecule has 0 saturated carbocycles. The molecule has 10 amide bonds. The molecule has 11 atom stereocenters. The highest BCUT2D eigenvalue weighted by Gasteiger charge is 2.37. The van der Waals surface area contributed by atoms with Crippen LogP contribution in [0.4, 0.5) is 0 Å². The molecule has 0 unspecified atom stereocenters. The second kappa shape index (κ2) is 41.6. The zero-order valence-electron chi connectivity index (χ0n) is 54.2. The molecule has 4 aromatic carbocycles. The van der Waals surface area contributed by atoms with E-state index in [1.807, 2.05) is 0 Å². The monoisotopic (exact) mass is 1320 g/mol. The summed E-state index contributed by atoms with van der Waals surface area (Å²) in [6.07, 6.45) is -0.689. The molecule has 24 N–H and O–H groups in total. The van der Waals surface area contributed by atoms with Crippen molar-refractivity contribution >= 4 is 71.0 Å². The molecule has 29 heteroatoms. The fourth-order valence-electron chi connectivity index (χ4n) is 10.0. The van der Waals surface area contributed by atoms with Crippen molar-refractivity contribution < 1.29 is 53.1 Å². The third-order valence-electron chi connectivity index (χ3n) is 15.5. The van der Waals surface area contributed by atoms with Crippen LogP contribution in [0, 0.1) is 5.92 Å². The summed E-state index contributed by atoms with van der Waals surface area (Å²) < 4.78 is 0. The molecule has 29 nitrogen and oxygen atoms in total. The maximum absolute atomic E-state index is 14.8. The first-order valence-electron chi connectivity index (χ1n) is 31.8. The van der Waals surface area contributed by atoms with Gasteiger partial charge >= 0.3 is 0 Å². The van der Waals surface area contributed by atoms with Gasteiger partial charge in [-0.15, -0.1) is 0 Å². The normalized spacial score (nSPS) is 14.4. The summed E-state index contributed by atoms with van der Waals surface area (Å²) in [5, 5.41) is 35.3. The number of guanidine groups is 2. The van der Waals surface area contributed by atoms with Crippen molar-refractivity contribution in [2.24, 2.45) is 56.0 Å². The summed E-state index contributed by atoms with van der Waals surface area (Å²) in [7, 11) is 0. The second-order valence-corrected chi connectivity index (χ2v) is 23.1. The number of carbonyl (C=O) groups excluding carboxylic acids is 10. The van der Waals surface area contributed by atoms with Crippen LogP contribution >= 0.6 is 0 Å². The first-order chi connectivity index (χ1) is 45.4. The Balaban J connectivity index is 1.64. The molecule has 0 heterocycles. The highest BCUT2D eigenvalue weighted by Crippen LogP contribution is 2.15. The number of nitrogens with one attached hydrogen (secondary N) is 9. The van der Waals surface area contributed by atoms with Crippen LogP contribution in [0.15, 0.2) is 131 Å². The summed E-state index contributed by atoms with van der Waals surface area (Å²) in [5.41, 5.74) is 42.3. The Hall–Kier alpha value is -10.0. The lowest BCUT2D eigenvalue weighted by molar-refractivity contribution is -0.137. The van der Waals surface area contributed by atoms with Crippen LogP contribution in [-0.4, -0.2) is 163 Å². The minimum atomic E-state index is -1.71. The minimum absolute atomic E-state index is 0.00423. The minimum Gasteiger partial charge on any atom is -0.391 e. The number of rotatable bonds is 42. The SMILES string of the molecule is CC[C@H](C)[C@H](NC(=O)[C@H](CCCN=C(N)N)NC(=O)[C@H](CCCN=C(N)N)NC(=O)[C@H](Cc1ccccc1)NC(=O)[C@H](Cc1ccccc1)NC(=O)CN)C(=O)N[C@@H](CCCCN)C(=O)N[C@H](C(=O)N[C@@H](Cc1ccccc1)C(=O)N[C@@H](Cc1ccccc1)C(N)=O)[C@@H](C)O. The van der Waals surface area contributed by atoms with Gasteiger partial charge in [0.1, 0.15) is 54.4 Å². The van der Waals surface area contributed by atoms with Gasteiger partial charge in [-0.25, -0.2) is 0 Å². The first-order valence-corrected chi connectivity index (χ1v) is 31.8. The molecule has 0 aliphatic carbocycles. The smallest absolute Gasteiger partial charge is 0.245 e. The van der Waals surface area contributed by atoms with Gasteiger partial charge in [0.15, 0.2) is 11.9 Å². The van der Waals surface area contributed by atoms with E-state index in [2.05, 4.69) is 57.8 Å². The van der Waals surface area contributed by atoms with E-state index in [-0.39, 0.29) is 89.3 Å². The van der Waals surface area contributed by atoms with Crippen molar-refractivity contribution in [2.45, 2.75) is 158 Å². The van der Waals surface area contributed by atoms with Crippen molar-refractivity contribution in [3.05, 3.63) is 144 Å². The number of nitrogens with two attached hydrogens (primary N) is 7. The maximum atomic E-state index is 14.8. The molecular formula is C66H96N18O11. The predicted molar refractivity (Wildman–Crippen MR) is 360 cm³/mol. The Morgan fingerprint density at radius 3 is 1.05 bits per heavy atom. The molecule has 95 heavy (non-hydrogen) atoms. The predicted octanol–water partition coefficient (Wildman–Crippen LogP) is -2.57. The molecule has 0 saturated heterocycles. The zero-order valence-corrected chi connectivity index (χ0v) is 54.2. The fraction of sp³-hybridized carbons (Fsp3) is 0.455. The largest absolute Gasteiger partial charge is 0.391 e. The highest BCUT2D eigenvalue weighted by molar-refractivity contribution is 5.99. The van der Waals surface area contributed by atoms with Crippen molar-refractivity contribution in [1.82, 2.24) is 47.9 Å². The van der Waals surface area contributed by atoms with Gasteiger partial charge in [-0.05, 0) is 86.6 Å². The quantitative estimate of drug-likeness (QED) is 0.0123. The van der Waals surface area contributed by atoms with E-state index >= 15 is 0 Å². The van der Waals surface area contributed by atoms with Gasteiger partial charge in [0, 0.05) is 38.8 Å². The molecule has 0 aromatic heterocycles. The molecule has 4 rings (SSSR count). The topological polar surface area (TPSA) is 506 Å². The molecular weight excluding hydrogens is 1220 g/mol. The Kier molecular flexibility index (Phi) is 33.9. The number of benzene rings is 4. The summed E-state index contributed by atoms with van der Waals surface area (Å²) in [4.78, 5) is 149. The third-order valence-corrected chi connectivity index (χ3v) is 15.5. The van der Waals surface area contributed by atoms with Gasteiger partial charge in [-0.2, -0.15) is 0 Å². The summed E-state index contributed by atoms with van der Waals surface area (Å²) in [6, 6.07) is 22.6. The highest BCUT2D eigenvalue weighted by atomic mass is 16.3. The van der Waals surface area contributed by atoms with Gasteiger partial charge in [-0.1, -0.05) is 142 Å². The van der Waals surface area contributed by atoms with E-state index < -0.39 is 132 Å². The van der Waals surface area contributed by atoms with Crippen LogP contribution in [0.5, 0.6) is 0 Å². The molecule has 4 aromatic rings. The molecule has 0 aliphatic rings. The summed E-state index contributed by atoms with van der Waals surface area (Å²) >= 11 is 0. The number of aliphatic imine (C=N–C) groups is 2. The molecule has 516 valence electrons. The second-order valence-electron chi connectivity index (χ2n) is 23.1. The van der Waals surface area contributed by atoms with Gasteiger partial charge in [0.2, 0.25) is 59.1 Å². The van der Waals surface area contributed by atoms with Crippen LogP contribution in [0.3, 0.4) is 0 Å². The first kappa shape index (κ1) is 77.4. The molecule has 0 radical (unpaired) electrons. The fourth-order valence-corrected chi connectivity index (χ4v) is 10.0. The van der Waals surface area contributed by atoms with E-state index in [1.54, 1.807) is 135 Å². The number of amides is 10. The van der Waals surface area contributed by atoms with E-state index in [4.69, 9.17) is 40.1 Å². The Labute approximate surface area is 553 Å². The number of nitrogens with zero attached hydrogens (tertiary/aromatic N) is 2. The number of primary amides is 1. The van der Waals surface area contributed by atoms with Crippen LogP contribution in [-0.2, 0) is 73.6 Å². The van der Waals surface area contributed by atoms with Crippen LogP contribution in [0.25, 0.3) is 0 Å². The Morgan fingerprint density at radius 1 is 0.389 bits per heavy atom. The van der Waals surface area contributed by atoms with Crippen LogP contribution in [0.2, 0.25) is 0 Å². The molecule has 0 aliphatic heterocycles. The van der Waals surface area contributed by atoms with Crippen molar-refractivity contribution in [3.8, 4) is 0 Å². The Bertz CT molecular complexity index is 3160. The molecule has 0 fully saturated rings. The van der Waals surface area contributed by atoms with Gasteiger partial charge < -0.3 is 93.1 Å². The van der Waals surface area contributed by atoms with E-state index in [0.29, 0.717) is 41.5 Å². The molecule has 0 bridgehead atoms. The van der Waals surface area contributed by atoms with Crippen LogP contribution in [0.1, 0.15) is 94.4 Å². The number of hydrogen-bond acceptors (Lipinski definition) is 15. The third kappa shape index (κ3) is 28.4. The van der Waals surface area contributed by atoms with Crippen molar-refractivity contribution in [2.75, 3.05) is 26.2 Å². The zero-order chi connectivity index (χ0) is 69.8. The van der Waals surface area contributed by atoms with Gasteiger partial charge in [-0.3, -0.25) is 57.9 Å². The summed E-state index contributed by atoms with van der Waals surface area (Å²) in [5.74, 6) is -9.36. The number of carbonyl (C=O) groups is 10. The molecule has 0 spiro atoms. The average Bonchev–Trinajstić information content (AvgIpc) is 0.990. The van der Waals surface area contributed by atoms with Gasteiger partial charge in [0.05, 0.1) is 12.6 Å². The van der Waals surface area contributed by atoms with Gasteiger partial charge in [0.25, 0.3) is 0 Å². The number of unbranched alkanes of at least 4 members (excludes halogenated alkanes) is 1. The summed E-state index contributed by atoms with van der Waals surface area (Å²) in [6.45, 7) is 4.49. The van der Waals surface area contributed by atoms with E-state index in [9.17, 15) is 53.1 Å².